The van der Waals surface area contributed by atoms with E-state index in [0.29, 0.717) is 42.7 Å². The third-order valence-electron chi connectivity index (χ3n) is 4.45. The van der Waals surface area contributed by atoms with Crippen molar-refractivity contribution >= 4 is 23.2 Å². The minimum absolute atomic E-state index is 0.257. The van der Waals surface area contributed by atoms with Crippen LogP contribution in [0.25, 0.3) is 0 Å². The molecule has 0 fully saturated rings. The van der Waals surface area contributed by atoms with Gasteiger partial charge in [-0.25, -0.2) is 0 Å². The van der Waals surface area contributed by atoms with Gasteiger partial charge in [0.15, 0.2) is 16.6 Å². The lowest BCUT2D eigenvalue weighted by Crippen LogP contribution is -2.38. The summed E-state index contributed by atoms with van der Waals surface area (Å²) >= 11 is 5.26. The smallest absolute Gasteiger partial charge is 0.257 e. The number of hydrogen-bond donors (Lipinski definition) is 2. The Labute approximate surface area is 190 Å². The molecule has 0 saturated carbocycles. The molecule has 6 nitrogen and oxygen atoms in total. The van der Waals surface area contributed by atoms with Crippen LogP contribution in [-0.2, 0) is 6.54 Å². The van der Waals surface area contributed by atoms with E-state index < -0.39 is 0 Å². The SMILES string of the molecule is CCCOc1ccc(C(=O)NC(=S)NCc2ccc(OCCC(C)C)c(OC)c2)cc1. The van der Waals surface area contributed by atoms with Crippen LogP contribution in [0.3, 0.4) is 0 Å². The third kappa shape index (κ3) is 8.45. The molecule has 0 unspecified atom stereocenters. The van der Waals surface area contributed by atoms with Crippen molar-refractivity contribution in [2.24, 2.45) is 5.92 Å². The van der Waals surface area contributed by atoms with Crippen LogP contribution >= 0.6 is 12.2 Å². The molecule has 2 aromatic carbocycles. The number of amides is 1. The minimum Gasteiger partial charge on any atom is -0.494 e. The number of nitrogens with one attached hydrogen (secondary N) is 2. The maximum absolute atomic E-state index is 12.4. The molecule has 0 bridgehead atoms. The van der Waals surface area contributed by atoms with Crippen molar-refractivity contribution in [3.05, 3.63) is 53.6 Å². The van der Waals surface area contributed by atoms with Gasteiger partial charge in [-0.2, -0.15) is 0 Å². The van der Waals surface area contributed by atoms with E-state index in [9.17, 15) is 4.79 Å². The summed E-state index contributed by atoms with van der Waals surface area (Å²) in [6.07, 6.45) is 1.91. The van der Waals surface area contributed by atoms with Gasteiger partial charge < -0.3 is 19.5 Å². The van der Waals surface area contributed by atoms with Gasteiger partial charge in [0.1, 0.15) is 5.75 Å². The standard InChI is InChI=1S/C24H32N2O4S/c1-5-13-29-20-9-7-19(8-10-20)23(27)26-24(31)25-16-18-6-11-21(22(15-18)28-4)30-14-12-17(2)3/h6-11,15,17H,5,12-14,16H2,1-4H3,(H2,25,26,27,31). The Balaban J connectivity index is 1.85. The fraction of sp³-hybridized carbons (Fsp3) is 0.417. The average Bonchev–Trinajstić information content (AvgIpc) is 2.76. The molecular weight excluding hydrogens is 412 g/mol. The quantitative estimate of drug-likeness (QED) is 0.489. The molecule has 0 atom stereocenters. The molecule has 0 radical (unpaired) electrons. The van der Waals surface area contributed by atoms with Crippen LogP contribution in [0, 0.1) is 5.92 Å². The number of ether oxygens (including phenoxy) is 3. The summed E-state index contributed by atoms with van der Waals surface area (Å²) in [4.78, 5) is 12.4. The Morgan fingerprint density at radius 1 is 1.03 bits per heavy atom. The highest BCUT2D eigenvalue weighted by Crippen LogP contribution is 2.28. The fourth-order valence-corrected chi connectivity index (χ4v) is 2.83. The molecule has 1 amide bonds. The molecule has 0 aliphatic heterocycles. The molecule has 0 spiro atoms. The summed E-state index contributed by atoms with van der Waals surface area (Å²) in [5, 5.41) is 6.00. The molecule has 2 N–H and O–H groups in total. The number of methoxy groups -OCH3 is 1. The van der Waals surface area contributed by atoms with Crippen LogP contribution in [0.15, 0.2) is 42.5 Å². The Bertz CT molecular complexity index is 853. The van der Waals surface area contributed by atoms with E-state index in [1.165, 1.54) is 0 Å². The zero-order valence-corrected chi connectivity index (χ0v) is 19.5. The second kappa shape index (κ2) is 12.8. The van der Waals surface area contributed by atoms with Gasteiger partial charge in [0.25, 0.3) is 5.91 Å². The Morgan fingerprint density at radius 2 is 1.77 bits per heavy atom. The van der Waals surface area contributed by atoms with E-state index in [2.05, 4.69) is 24.5 Å². The van der Waals surface area contributed by atoms with Crippen LogP contribution in [0.4, 0.5) is 0 Å². The first-order valence-corrected chi connectivity index (χ1v) is 11.0. The number of rotatable bonds is 11. The number of hydrogen-bond acceptors (Lipinski definition) is 5. The second-order valence-electron chi connectivity index (χ2n) is 7.53. The Hall–Kier alpha value is -2.80. The third-order valence-corrected chi connectivity index (χ3v) is 4.70. The van der Waals surface area contributed by atoms with E-state index in [1.54, 1.807) is 31.4 Å². The van der Waals surface area contributed by atoms with Gasteiger partial charge in [0, 0.05) is 12.1 Å². The predicted octanol–water partition coefficient (Wildman–Crippen LogP) is 4.71. The molecule has 7 heteroatoms. The van der Waals surface area contributed by atoms with Crippen molar-refractivity contribution in [3.63, 3.8) is 0 Å². The molecule has 0 saturated heterocycles. The summed E-state index contributed by atoms with van der Waals surface area (Å²) in [6.45, 7) is 8.11. The normalized spacial score (nSPS) is 10.5. The van der Waals surface area contributed by atoms with Crippen molar-refractivity contribution in [1.29, 1.82) is 0 Å². The molecule has 0 aliphatic carbocycles. The van der Waals surface area contributed by atoms with E-state index in [0.717, 1.165) is 24.2 Å². The minimum atomic E-state index is -0.272. The molecule has 0 aromatic heterocycles. The molecule has 0 heterocycles. The maximum Gasteiger partial charge on any atom is 0.257 e. The zero-order valence-electron chi connectivity index (χ0n) is 18.7. The van der Waals surface area contributed by atoms with Gasteiger partial charge in [-0.05, 0) is 72.9 Å². The lowest BCUT2D eigenvalue weighted by atomic mass is 10.1. The van der Waals surface area contributed by atoms with Crippen LogP contribution in [0.1, 0.15) is 49.5 Å². The van der Waals surface area contributed by atoms with Crippen LogP contribution < -0.4 is 24.8 Å². The highest BCUT2D eigenvalue weighted by molar-refractivity contribution is 7.80. The molecule has 2 rings (SSSR count). The maximum atomic E-state index is 12.4. The van der Waals surface area contributed by atoms with Gasteiger partial charge in [-0.3, -0.25) is 10.1 Å². The highest BCUT2D eigenvalue weighted by atomic mass is 32.1. The van der Waals surface area contributed by atoms with Crippen molar-refractivity contribution < 1.29 is 19.0 Å². The van der Waals surface area contributed by atoms with Crippen LogP contribution in [0.5, 0.6) is 17.2 Å². The summed E-state index contributed by atoms with van der Waals surface area (Å²) in [5.74, 6) is 2.44. The van der Waals surface area contributed by atoms with Crippen LogP contribution in [0.2, 0.25) is 0 Å². The predicted molar refractivity (Wildman–Crippen MR) is 127 cm³/mol. The summed E-state index contributed by atoms with van der Waals surface area (Å²) in [7, 11) is 1.62. The lowest BCUT2D eigenvalue weighted by molar-refractivity contribution is 0.0976. The molecule has 2 aromatic rings. The van der Waals surface area contributed by atoms with Crippen molar-refractivity contribution in [3.8, 4) is 17.2 Å². The summed E-state index contributed by atoms with van der Waals surface area (Å²) in [5.41, 5.74) is 1.47. The van der Waals surface area contributed by atoms with Gasteiger partial charge in [0.2, 0.25) is 0 Å². The van der Waals surface area contributed by atoms with Crippen molar-refractivity contribution in [2.45, 2.75) is 40.2 Å². The number of benzene rings is 2. The second-order valence-corrected chi connectivity index (χ2v) is 7.93. The number of thiocarbonyl (C=S) groups is 1. The largest absolute Gasteiger partial charge is 0.494 e. The number of carbonyl (C=O) groups is 1. The Morgan fingerprint density at radius 3 is 2.42 bits per heavy atom. The van der Waals surface area contributed by atoms with Gasteiger partial charge >= 0.3 is 0 Å². The van der Waals surface area contributed by atoms with Crippen LogP contribution in [-0.4, -0.2) is 31.3 Å². The van der Waals surface area contributed by atoms with Gasteiger partial charge in [-0.1, -0.05) is 26.8 Å². The fourth-order valence-electron chi connectivity index (χ4n) is 2.67. The lowest BCUT2D eigenvalue weighted by Gasteiger charge is -2.14. The van der Waals surface area contributed by atoms with Crippen molar-refractivity contribution in [2.75, 3.05) is 20.3 Å². The van der Waals surface area contributed by atoms with E-state index >= 15 is 0 Å². The van der Waals surface area contributed by atoms with Crippen molar-refractivity contribution in [1.82, 2.24) is 10.6 Å². The molecule has 0 aliphatic rings. The first-order valence-electron chi connectivity index (χ1n) is 10.5. The molecule has 168 valence electrons. The topological polar surface area (TPSA) is 68.8 Å². The monoisotopic (exact) mass is 444 g/mol. The summed E-state index contributed by atoms with van der Waals surface area (Å²) in [6, 6.07) is 12.7. The van der Waals surface area contributed by atoms with Gasteiger partial charge in [0.05, 0.1) is 20.3 Å². The summed E-state index contributed by atoms with van der Waals surface area (Å²) < 4.78 is 16.8. The van der Waals surface area contributed by atoms with Gasteiger partial charge in [-0.15, -0.1) is 0 Å². The average molecular weight is 445 g/mol. The highest BCUT2D eigenvalue weighted by Gasteiger charge is 2.10. The zero-order chi connectivity index (χ0) is 22.6. The Kier molecular flexibility index (Phi) is 10.1. The molecule has 31 heavy (non-hydrogen) atoms. The van der Waals surface area contributed by atoms with E-state index in [4.69, 9.17) is 26.4 Å². The first-order chi connectivity index (χ1) is 14.9. The number of carbonyl (C=O) groups excluding carboxylic acids is 1. The van der Waals surface area contributed by atoms with E-state index in [-0.39, 0.29) is 11.0 Å². The first kappa shape index (κ1) is 24.5. The van der Waals surface area contributed by atoms with E-state index in [1.807, 2.05) is 25.1 Å². The molecular formula is C24H32N2O4S.